The molecule has 0 heteroatoms. The van der Waals surface area contributed by atoms with Gasteiger partial charge in [0.2, 0.25) is 0 Å². The van der Waals surface area contributed by atoms with Gasteiger partial charge in [0.05, 0.1) is 0 Å². The zero-order valence-electron chi connectivity index (χ0n) is 14.1. The van der Waals surface area contributed by atoms with Crippen molar-refractivity contribution in [3.05, 3.63) is 71.3 Å². The van der Waals surface area contributed by atoms with Crippen molar-refractivity contribution in [2.24, 2.45) is 5.41 Å². The molecule has 0 unspecified atom stereocenters. The molecule has 0 atom stereocenters. The molecular weight excluding hydrogens is 252 g/mol. The number of rotatable bonds is 4. The lowest BCUT2D eigenvalue weighted by atomic mass is 9.77. The summed E-state index contributed by atoms with van der Waals surface area (Å²) in [6.45, 7) is 11.6. The van der Waals surface area contributed by atoms with Gasteiger partial charge in [-0.05, 0) is 40.4 Å². The SMILES string of the molecule is CC(C)(C)Cc1cccc(C(C)(C)Cc2ccccc2)c1. The number of benzene rings is 2. The Bertz CT molecular complexity index is 570. The molecule has 0 aliphatic carbocycles. The van der Waals surface area contributed by atoms with Crippen LogP contribution in [-0.4, -0.2) is 0 Å². The summed E-state index contributed by atoms with van der Waals surface area (Å²) in [6, 6.07) is 19.9. The van der Waals surface area contributed by atoms with Crippen molar-refractivity contribution < 1.29 is 0 Å². The van der Waals surface area contributed by atoms with Gasteiger partial charge < -0.3 is 0 Å². The summed E-state index contributed by atoms with van der Waals surface area (Å²) in [4.78, 5) is 0. The Labute approximate surface area is 130 Å². The Kier molecular flexibility index (Phi) is 4.56. The predicted molar refractivity (Wildman–Crippen MR) is 92.8 cm³/mol. The lowest BCUT2D eigenvalue weighted by Crippen LogP contribution is -2.21. The van der Waals surface area contributed by atoms with Crippen LogP contribution in [0.15, 0.2) is 54.6 Å². The van der Waals surface area contributed by atoms with Gasteiger partial charge in [-0.15, -0.1) is 0 Å². The molecule has 112 valence electrons. The van der Waals surface area contributed by atoms with Crippen molar-refractivity contribution in [1.82, 2.24) is 0 Å². The maximum Gasteiger partial charge on any atom is -0.00631 e. The molecule has 0 N–H and O–H groups in total. The molecular formula is C21H28. The Hall–Kier alpha value is -1.56. The maximum absolute atomic E-state index is 2.40. The zero-order valence-corrected chi connectivity index (χ0v) is 14.1. The second-order valence-corrected chi connectivity index (χ2v) is 7.98. The fourth-order valence-electron chi connectivity index (χ4n) is 2.92. The van der Waals surface area contributed by atoms with Gasteiger partial charge in [0.25, 0.3) is 0 Å². The van der Waals surface area contributed by atoms with Crippen molar-refractivity contribution >= 4 is 0 Å². The molecule has 0 bridgehead atoms. The van der Waals surface area contributed by atoms with E-state index in [0.717, 1.165) is 12.8 Å². The van der Waals surface area contributed by atoms with Gasteiger partial charge in [0.1, 0.15) is 0 Å². The maximum atomic E-state index is 2.40. The molecule has 0 radical (unpaired) electrons. The summed E-state index contributed by atoms with van der Waals surface area (Å²) in [5.41, 5.74) is 4.79. The minimum Gasteiger partial charge on any atom is -0.0622 e. The van der Waals surface area contributed by atoms with Gasteiger partial charge in [-0.25, -0.2) is 0 Å². The van der Waals surface area contributed by atoms with Crippen molar-refractivity contribution in [3.8, 4) is 0 Å². The van der Waals surface area contributed by atoms with Gasteiger partial charge in [-0.2, -0.15) is 0 Å². The van der Waals surface area contributed by atoms with Crippen LogP contribution in [0.25, 0.3) is 0 Å². The van der Waals surface area contributed by atoms with E-state index in [4.69, 9.17) is 0 Å². The second-order valence-electron chi connectivity index (χ2n) is 7.98. The molecule has 0 aliphatic heterocycles. The summed E-state index contributed by atoms with van der Waals surface area (Å²) >= 11 is 0. The Morgan fingerprint density at radius 1 is 0.667 bits per heavy atom. The monoisotopic (exact) mass is 280 g/mol. The minimum absolute atomic E-state index is 0.162. The number of hydrogen-bond donors (Lipinski definition) is 0. The first-order valence-corrected chi connectivity index (χ1v) is 7.90. The normalized spacial score (nSPS) is 12.4. The fourth-order valence-corrected chi connectivity index (χ4v) is 2.92. The molecule has 0 nitrogen and oxygen atoms in total. The summed E-state index contributed by atoms with van der Waals surface area (Å²) in [5, 5.41) is 0. The summed E-state index contributed by atoms with van der Waals surface area (Å²) in [6.07, 6.45) is 2.20. The molecule has 2 aromatic rings. The topological polar surface area (TPSA) is 0 Å². The van der Waals surface area contributed by atoms with E-state index in [1.807, 2.05) is 0 Å². The van der Waals surface area contributed by atoms with Crippen LogP contribution in [0.3, 0.4) is 0 Å². The molecule has 0 aliphatic rings. The third-order valence-corrected chi connectivity index (χ3v) is 3.93. The predicted octanol–water partition coefficient (Wildman–Crippen LogP) is 5.80. The molecule has 0 aromatic heterocycles. The van der Waals surface area contributed by atoms with E-state index in [1.165, 1.54) is 16.7 Å². The van der Waals surface area contributed by atoms with Crippen LogP contribution < -0.4 is 0 Å². The van der Waals surface area contributed by atoms with Gasteiger partial charge in [-0.3, -0.25) is 0 Å². The third kappa shape index (κ3) is 4.74. The lowest BCUT2D eigenvalue weighted by molar-refractivity contribution is 0.410. The van der Waals surface area contributed by atoms with Crippen LogP contribution in [0.4, 0.5) is 0 Å². The highest BCUT2D eigenvalue weighted by molar-refractivity contribution is 5.32. The Balaban J connectivity index is 2.22. The highest BCUT2D eigenvalue weighted by atomic mass is 14.3. The molecule has 0 fully saturated rings. The first-order chi connectivity index (χ1) is 9.76. The smallest absolute Gasteiger partial charge is 0.00631 e. The van der Waals surface area contributed by atoms with Crippen molar-refractivity contribution in [3.63, 3.8) is 0 Å². The highest BCUT2D eigenvalue weighted by Gasteiger charge is 2.22. The number of hydrogen-bond acceptors (Lipinski definition) is 0. The molecule has 0 amide bonds. The van der Waals surface area contributed by atoms with E-state index in [-0.39, 0.29) is 5.41 Å². The molecule has 0 saturated carbocycles. The van der Waals surface area contributed by atoms with E-state index in [2.05, 4.69) is 89.2 Å². The van der Waals surface area contributed by atoms with Gasteiger partial charge in [-0.1, -0.05) is 89.2 Å². The van der Waals surface area contributed by atoms with Gasteiger partial charge >= 0.3 is 0 Å². The molecule has 0 spiro atoms. The quantitative estimate of drug-likeness (QED) is 0.664. The van der Waals surface area contributed by atoms with Crippen LogP contribution in [0, 0.1) is 5.41 Å². The van der Waals surface area contributed by atoms with Crippen LogP contribution in [0.2, 0.25) is 0 Å². The molecule has 2 rings (SSSR count). The average molecular weight is 280 g/mol. The highest BCUT2D eigenvalue weighted by Crippen LogP contribution is 2.30. The van der Waals surface area contributed by atoms with Crippen molar-refractivity contribution in [2.45, 2.75) is 52.9 Å². The second kappa shape index (κ2) is 6.05. The van der Waals surface area contributed by atoms with Crippen LogP contribution in [-0.2, 0) is 18.3 Å². The van der Waals surface area contributed by atoms with E-state index in [0.29, 0.717) is 5.41 Å². The largest absolute Gasteiger partial charge is 0.0622 e. The van der Waals surface area contributed by atoms with Crippen molar-refractivity contribution in [2.75, 3.05) is 0 Å². The van der Waals surface area contributed by atoms with Crippen LogP contribution in [0.5, 0.6) is 0 Å². The minimum atomic E-state index is 0.162. The van der Waals surface area contributed by atoms with Crippen molar-refractivity contribution in [1.29, 1.82) is 0 Å². The molecule has 2 aromatic carbocycles. The first-order valence-electron chi connectivity index (χ1n) is 7.90. The summed E-state index contributed by atoms with van der Waals surface area (Å²) in [7, 11) is 0. The van der Waals surface area contributed by atoms with Crippen LogP contribution in [0.1, 0.15) is 51.3 Å². The van der Waals surface area contributed by atoms with E-state index in [9.17, 15) is 0 Å². The fraction of sp³-hybridized carbons (Fsp3) is 0.429. The molecule has 21 heavy (non-hydrogen) atoms. The zero-order chi connectivity index (χ0) is 15.5. The van der Waals surface area contributed by atoms with Gasteiger partial charge in [0.15, 0.2) is 0 Å². The van der Waals surface area contributed by atoms with E-state index >= 15 is 0 Å². The average Bonchev–Trinajstić information content (AvgIpc) is 2.37. The van der Waals surface area contributed by atoms with E-state index < -0.39 is 0 Å². The Morgan fingerprint density at radius 3 is 1.90 bits per heavy atom. The van der Waals surface area contributed by atoms with E-state index in [1.54, 1.807) is 0 Å². The molecule has 0 heterocycles. The summed E-state index contributed by atoms with van der Waals surface area (Å²) in [5.74, 6) is 0. The summed E-state index contributed by atoms with van der Waals surface area (Å²) < 4.78 is 0. The van der Waals surface area contributed by atoms with Crippen LogP contribution >= 0.6 is 0 Å². The third-order valence-electron chi connectivity index (χ3n) is 3.93. The Morgan fingerprint density at radius 2 is 1.29 bits per heavy atom. The van der Waals surface area contributed by atoms with Gasteiger partial charge in [0, 0.05) is 0 Å². The first kappa shape index (κ1) is 15.8. The standard InChI is InChI=1S/C21H28/c1-20(2,3)15-18-12-9-13-19(14-18)21(4,5)16-17-10-7-6-8-11-17/h6-14H,15-16H2,1-5H3. The lowest BCUT2D eigenvalue weighted by Gasteiger charge is -2.27. The molecule has 0 saturated heterocycles.